The number of carbonyl (C=O) groups is 1. The van der Waals surface area contributed by atoms with Crippen LogP contribution in [-0.2, 0) is 0 Å². The van der Waals surface area contributed by atoms with Gasteiger partial charge in [-0.2, -0.15) is 0 Å². The van der Waals surface area contributed by atoms with Crippen LogP contribution in [0.4, 0.5) is 9.93 Å². The molecule has 1 heterocycles. The maximum absolute atomic E-state index is 11.1. The quantitative estimate of drug-likeness (QED) is 0.798. The summed E-state index contributed by atoms with van der Waals surface area (Å²) in [6, 6.07) is 9.36. The zero-order valence-electron chi connectivity index (χ0n) is 9.92. The Kier molecular flexibility index (Phi) is 4.75. The molecule has 0 unspecified atom stereocenters. The summed E-state index contributed by atoms with van der Waals surface area (Å²) in [6.07, 6.45) is -1.47. The Morgan fingerprint density at radius 1 is 1.30 bits per heavy atom. The van der Waals surface area contributed by atoms with Gasteiger partial charge in [0.2, 0.25) is 3.79 Å². The molecule has 2 rings (SSSR count). The Morgan fingerprint density at radius 3 is 2.50 bits per heavy atom. The van der Waals surface area contributed by atoms with E-state index in [1.807, 2.05) is 30.3 Å². The van der Waals surface area contributed by atoms with E-state index < -0.39 is 9.89 Å². The molecule has 0 fully saturated rings. The Bertz CT molecular complexity index is 598. The van der Waals surface area contributed by atoms with Gasteiger partial charge in [-0.3, -0.25) is 4.90 Å². The highest BCUT2D eigenvalue weighted by atomic mass is 35.6. The number of carboxylic acid groups (broad SMARTS) is 1. The second-order valence-corrected chi connectivity index (χ2v) is 7.20. The summed E-state index contributed by atoms with van der Waals surface area (Å²) >= 11 is 18.0. The van der Waals surface area contributed by atoms with Crippen molar-refractivity contribution in [2.75, 3.05) is 11.4 Å². The predicted octanol–water partition coefficient (Wildman–Crippen LogP) is 3.33. The van der Waals surface area contributed by atoms with Crippen molar-refractivity contribution >= 4 is 57.4 Å². The van der Waals surface area contributed by atoms with Crippen LogP contribution in [0.15, 0.2) is 35.7 Å². The molecule has 0 spiro atoms. The van der Waals surface area contributed by atoms with E-state index >= 15 is 0 Å². The van der Waals surface area contributed by atoms with E-state index in [1.165, 1.54) is 0 Å². The van der Waals surface area contributed by atoms with E-state index in [-0.39, 0.29) is 11.7 Å². The van der Waals surface area contributed by atoms with E-state index in [9.17, 15) is 9.90 Å². The molecule has 1 aromatic heterocycles. The van der Waals surface area contributed by atoms with Crippen molar-refractivity contribution in [1.29, 1.82) is 0 Å². The predicted molar refractivity (Wildman–Crippen MR) is 80.6 cm³/mol. The second kappa shape index (κ2) is 6.18. The Hall–Kier alpha value is -1.01. The molecule has 4 nitrogen and oxygen atoms in total. The summed E-state index contributed by atoms with van der Waals surface area (Å²) in [5.41, 5.74) is 1.53. The van der Waals surface area contributed by atoms with Gasteiger partial charge in [0.25, 0.3) is 0 Å². The number of hydrogen-bond donors (Lipinski definition) is 0. The molecule has 0 saturated heterocycles. The van der Waals surface area contributed by atoms with Crippen LogP contribution in [0.5, 0.6) is 0 Å². The molecule has 0 bridgehead atoms. The summed E-state index contributed by atoms with van der Waals surface area (Å²) in [4.78, 5) is 16.2. The number of nitrogens with zero attached hydrogens (tertiary/aromatic N) is 2. The van der Waals surface area contributed by atoms with Crippen molar-refractivity contribution in [2.45, 2.75) is 3.79 Å². The van der Waals surface area contributed by atoms with Gasteiger partial charge < -0.3 is 9.90 Å². The SMILES string of the molecule is O=C([O-])N(CC(Cl)(Cl)Cl)c1nc(-c2ccccc2)cs1. The summed E-state index contributed by atoms with van der Waals surface area (Å²) in [7, 11) is 0. The molecule has 2 aromatic rings. The van der Waals surface area contributed by atoms with Gasteiger partial charge in [0.1, 0.15) is 6.09 Å². The maximum atomic E-state index is 11.1. The second-order valence-electron chi connectivity index (χ2n) is 3.85. The Morgan fingerprint density at radius 2 is 1.95 bits per heavy atom. The van der Waals surface area contributed by atoms with E-state index in [0.717, 1.165) is 21.8 Å². The number of carbonyl (C=O) groups excluding carboxylic acids is 1. The topological polar surface area (TPSA) is 56.3 Å². The van der Waals surface area contributed by atoms with Crippen LogP contribution in [0.3, 0.4) is 0 Å². The molecule has 0 N–H and O–H groups in total. The van der Waals surface area contributed by atoms with Crippen molar-refractivity contribution in [2.24, 2.45) is 0 Å². The average molecular weight is 351 g/mol. The van der Waals surface area contributed by atoms with Crippen LogP contribution >= 0.6 is 46.1 Å². The van der Waals surface area contributed by atoms with Crippen LogP contribution in [0.2, 0.25) is 0 Å². The summed E-state index contributed by atoms with van der Waals surface area (Å²) in [5, 5.41) is 13.1. The molecule has 0 aliphatic heterocycles. The number of hydrogen-bond acceptors (Lipinski definition) is 4. The number of aromatic nitrogens is 1. The summed E-state index contributed by atoms with van der Waals surface area (Å²) in [6.45, 7) is -0.345. The van der Waals surface area contributed by atoms with Crippen molar-refractivity contribution in [3.63, 3.8) is 0 Å². The number of anilines is 1. The molecule has 0 radical (unpaired) electrons. The Balaban J connectivity index is 2.28. The lowest BCUT2D eigenvalue weighted by atomic mass is 10.2. The number of thiazole rings is 1. The highest BCUT2D eigenvalue weighted by molar-refractivity contribution is 7.14. The molecule has 0 aliphatic carbocycles. The summed E-state index contributed by atoms with van der Waals surface area (Å²) in [5.74, 6) is 0. The number of alkyl halides is 3. The van der Waals surface area contributed by atoms with Gasteiger partial charge in [0.05, 0.1) is 12.2 Å². The first-order chi connectivity index (χ1) is 9.37. The monoisotopic (exact) mass is 349 g/mol. The lowest BCUT2D eigenvalue weighted by Crippen LogP contribution is -2.45. The fourth-order valence-corrected chi connectivity index (χ4v) is 2.70. The largest absolute Gasteiger partial charge is 0.530 e. The van der Waals surface area contributed by atoms with E-state index in [4.69, 9.17) is 34.8 Å². The number of rotatable bonds is 3. The lowest BCUT2D eigenvalue weighted by molar-refractivity contribution is -0.246. The van der Waals surface area contributed by atoms with Crippen LogP contribution in [0, 0.1) is 0 Å². The van der Waals surface area contributed by atoms with Gasteiger partial charge in [0, 0.05) is 10.9 Å². The number of amides is 1. The standard InChI is InChI=1S/C12H9Cl3N2O2S/c13-12(14,15)7-17(11(18)19)10-16-9(6-20-10)8-4-2-1-3-5-8/h1-6H,7H2,(H,18,19)/p-1. The number of benzene rings is 1. The molecular weight excluding hydrogens is 343 g/mol. The smallest absolute Gasteiger partial charge is 0.208 e. The van der Waals surface area contributed by atoms with Crippen molar-refractivity contribution < 1.29 is 9.90 Å². The fourth-order valence-electron chi connectivity index (χ4n) is 1.52. The van der Waals surface area contributed by atoms with Crippen molar-refractivity contribution in [3.8, 4) is 11.3 Å². The van der Waals surface area contributed by atoms with Gasteiger partial charge in [-0.25, -0.2) is 4.98 Å². The first-order valence-electron chi connectivity index (χ1n) is 5.43. The maximum Gasteiger partial charge on any atom is 0.208 e. The van der Waals surface area contributed by atoms with E-state index in [1.54, 1.807) is 5.38 Å². The van der Waals surface area contributed by atoms with Crippen molar-refractivity contribution in [1.82, 2.24) is 4.98 Å². The van der Waals surface area contributed by atoms with E-state index in [2.05, 4.69) is 4.98 Å². The zero-order chi connectivity index (χ0) is 14.8. The van der Waals surface area contributed by atoms with Crippen LogP contribution in [0.25, 0.3) is 11.3 Å². The van der Waals surface area contributed by atoms with Gasteiger partial charge in [-0.05, 0) is 0 Å². The van der Waals surface area contributed by atoms with Gasteiger partial charge in [-0.15, -0.1) is 11.3 Å². The molecule has 0 atom stereocenters. The first kappa shape index (κ1) is 15.4. The highest BCUT2D eigenvalue weighted by Crippen LogP contribution is 2.32. The lowest BCUT2D eigenvalue weighted by Gasteiger charge is -2.25. The van der Waals surface area contributed by atoms with Gasteiger partial charge in [-0.1, -0.05) is 65.1 Å². The normalized spacial score (nSPS) is 11.3. The van der Waals surface area contributed by atoms with Gasteiger partial charge >= 0.3 is 0 Å². The molecule has 1 amide bonds. The molecule has 20 heavy (non-hydrogen) atoms. The minimum Gasteiger partial charge on any atom is -0.530 e. The van der Waals surface area contributed by atoms with Crippen LogP contribution < -0.4 is 10.0 Å². The molecule has 0 saturated carbocycles. The number of halogens is 3. The third-order valence-electron chi connectivity index (χ3n) is 2.35. The highest BCUT2D eigenvalue weighted by Gasteiger charge is 2.26. The zero-order valence-corrected chi connectivity index (χ0v) is 13.0. The average Bonchev–Trinajstić information content (AvgIpc) is 2.85. The molecular formula is C12H8Cl3N2O2S-. The third kappa shape index (κ3) is 3.99. The van der Waals surface area contributed by atoms with Gasteiger partial charge in [0.15, 0.2) is 5.13 Å². The molecule has 0 aliphatic rings. The fraction of sp³-hybridized carbons (Fsp3) is 0.167. The van der Waals surface area contributed by atoms with Crippen LogP contribution in [0.1, 0.15) is 0 Å². The molecule has 106 valence electrons. The minimum atomic E-state index is -1.74. The van der Waals surface area contributed by atoms with E-state index in [0.29, 0.717) is 5.69 Å². The summed E-state index contributed by atoms with van der Waals surface area (Å²) < 4.78 is -1.74. The Labute approximate surface area is 134 Å². The van der Waals surface area contributed by atoms with Crippen molar-refractivity contribution in [3.05, 3.63) is 35.7 Å². The minimum absolute atomic E-state index is 0.204. The molecule has 1 aromatic carbocycles. The molecule has 8 heteroatoms. The third-order valence-corrected chi connectivity index (χ3v) is 3.57. The van der Waals surface area contributed by atoms with Crippen LogP contribution in [-0.4, -0.2) is 21.4 Å². The first-order valence-corrected chi connectivity index (χ1v) is 7.44.